The second kappa shape index (κ2) is 9.42. The molecule has 7 nitrogen and oxygen atoms in total. The second-order valence-electron chi connectivity index (χ2n) is 7.37. The average Bonchev–Trinajstić information content (AvgIpc) is 3.52. The molecule has 1 atom stereocenters. The van der Waals surface area contributed by atoms with Crippen LogP contribution in [-0.4, -0.2) is 36.3 Å². The predicted molar refractivity (Wildman–Crippen MR) is 114 cm³/mol. The van der Waals surface area contributed by atoms with Gasteiger partial charge < -0.3 is 13.9 Å². The molecule has 2 heterocycles. The number of carbonyl (C=O) groups is 2. The first kappa shape index (κ1) is 23.1. The Morgan fingerprint density at radius 2 is 1.82 bits per heavy atom. The number of furan rings is 1. The van der Waals surface area contributed by atoms with E-state index in [2.05, 4.69) is 5.10 Å². The highest BCUT2D eigenvalue weighted by Crippen LogP contribution is 2.34. The van der Waals surface area contributed by atoms with Gasteiger partial charge in [0.2, 0.25) is 0 Å². The van der Waals surface area contributed by atoms with E-state index in [9.17, 15) is 22.8 Å². The van der Waals surface area contributed by atoms with Gasteiger partial charge in [-0.2, -0.15) is 18.3 Å². The topological polar surface area (TPSA) is 81.3 Å². The minimum atomic E-state index is -4.74. The fourth-order valence-corrected chi connectivity index (χ4v) is 3.58. The lowest BCUT2D eigenvalue weighted by molar-refractivity contribution is -0.138. The summed E-state index contributed by atoms with van der Waals surface area (Å²) in [7, 11) is 1.55. The van der Waals surface area contributed by atoms with Crippen LogP contribution in [0.2, 0.25) is 0 Å². The third kappa shape index (κ3) is 4.80. The molecule has 0 radical (unpaired) electrons. The van der Waals surface area contributed by atoms with Gasteiger partial charge in [0.1, 0.15) is 17.6 Å². The Morgan fingerprint density at radius 3 is 2.47 bits per heavy atom. The van der Waals surface area contributed by atoms with E-state index in [4.69, 9.17) is 13.9 Å². The van der Waals surface area contributed by atoms with Gasteiger partial charge in [-0.3, -0.25) is 4.79 Å². The SMILES string of the molecule is COc1ccc(C2=NN(C(=O)COC(=O)c3ccccc3C(F)(F)F)[C@H](c3ccco3)C2)cc1. The number of rotatable bonds is 6. The van der Waals surface area contributed by atoms with E-state index in [1.807, 2.05) is 0 Å². The summed E-state index contributed by atoms with van der Waals surface area (Å²) >= 11 is 0. The first-order valence-corrected chi connectivity index (χ1v) is 10.2. The van der Waals surface area contributed by atoms with Crippen LogP contribution in [0.1, 0.15) is 39.7 Å². The molecule has 1 aromatic heterocycles. The highest BCUT2D eigenvalue weighted by molar-refractivity contribution is 6.03. The van der Waals surface area contributed by atoms with Gasteiger partial charge in [-0.25, -0.2) is 9.80 Å². The molecule has 0 saturated heterocycles. The number of methoxy groups -OCH3 is 1. The normalized spacial score (nSPS) is 15.7. The molecule has 0 aliphatic carbocycles. The summed E-state index contributed by atoms with van der Waals surface area (Å²) in [6, 6.07) is 14.1. The average molecular weight is 472 g/mol. The number of alkyl halides is 3. The fraction of sp³-hybridized carbons (Fsp3) is 0.208. The van der Waals surface area contributed by atoms with Crippen molar-refractivity contribution in [3.05, 3.63) is 89.4 Å². The van der Waals surface area contributed by atoms with Crippen molar-refractivity contribution >= 4 is 17.6 Å². The van der Waals surface area contributed by atoms with Crippen LogP contribution in [0.15, 0.2) is 76.4 Å². The van der Waals surface area contributed by atoms with E-state index in [1.54, 1.807) is 43.5 Å². The molecule has 0 fully saturated rings. The quantitative estimate of drug-likeness (QED) is 0.480. The summed E-state index contributed by atoms with van der Waals surface area (Å²) in [5.74, 6) is -0.838. The van der Waals surface area contributed by atoms with Crippen molar-refractivity contribution in [2.75, 3.05) is 13.7 Å². The van der Waals surface area contributed by atoms with E-state index in [-0.39, 0.29) is 0 Å². The number of ether oxygens (including phenoxy) is 2. The summed E-state index contributed by atoms with van der Waals surface area (Å²) in [4.78, 5) is 25.2. The molecule has 2 aromatic carbocycles. The number of nitrogens with zero attached hydrogens (tertiary/aromatic N) is 2. The third-order valence-corrected chi connectivity index (χ3v) is 5.24. The van der Waals surface area contributed by atoms with Crippen LogP contribution in [0.3, 0.4) is 0 Å². The minimum Gasteiger partial charge on any atom is -0.497 e. The molecule has 176 valence electrons. The molecule has 0 saturated carbocycles. The van der Waals surface area contributed by atoms with Crippen LogP contribution < -0.4 is 4.74 Å². The maximum atomic E-state index is 13.2. The molecule has 1 amide bonds. The van der Waals surface area contributed by atoms with Crippen molar-refractivity contribution in [2.24, 2.45) is 5.10 Å². The van der Waals surface area contributed by atoms with E-state index in [0.29, 0.717) is 23.6 Å². The van der Waals surface area contributed by atoms with Crippen molar-refractivity contribution in [1.29, 1.82) is 0 Å². The molecule has 10 heteroatoms. The summed E-state index contributed by atoms with van der Waals surface area (Å²) in [5.41, 5.74) is -0.467. The maximum absolute atomic E-state index is 13.2. The molecule has 0 bridgehead atoms. The van der Waals surface area contributed by atoms with Gasteiger partial charge >= 0.3 is 12.1 Å². The number of hydrogen-bond donors (Lipinski definition) is 0. The molecule has 0 unspecified atom stereocenters. The molecular weight excluding hydrogens is 453 g/mol. The Kier molecular flexibility index (Phi) is 6.40. The zero-order chi connectivity index (χ0) is 24.3. The van der Waals surface area contributed by atoms with Crippen molar-refractivity contribution in [2.45, 2.75) is 18.6 Å². The van der Waals surface area contributed by atoms with Crippen molar-refractivity contribution in [3.63, 3.8) is 0 Å². The lowest BCUT2D eigenvalue weighted by Gasteiger charge is -2.20. The molecule has 1 aliphatic heterocycles. The van der Waals surface area contributed by atoms with Crippen LogP contribution in [0.25, 0.3) is 0 Å². The summed E-state index contributed by atoms with van der Waals surface area (Å²) in [5, 5.41) is 5.51. The Morgan fingerprint density at radius 1 is 1.09 bits per heavy atom. The van der Waals surface area contributed by atoms with Gasteiger partial charge in [0.15, 0.2) is 6.61 Å². The molecule has 1 aliphatic rings. The third-order valence-electron chi connectivity index (χ3n) is 5.24. The zero-order valence-corrected chi connectivity index (χ0v) is 17.9. The van der Waals surface area contributed by atoms with E-state index in [0.717, 1.165) is 22.7 Å². The number of halogens is 3. The van der Waals surface area contributed by atoms with Crippen LogP contribution in [0.5, 0.6) is 5.75 Å². The van der Waals surface area contributed by atoms with Crippen LogP contribution in [0.4, 0.5) is 13.2 Å². The van der Waals surface area contributed by atoms with Gasteiger partial charge in [-0.1, -0.05) is 12.1 Å². The number of carbonyl (C=O) groups excluding carboxylic acids is 2. The molecular formula is C24H19F3N2O5. The highest BCUT2D eigenvalue weighted by atomic mass is 19.4. The highest BCUT2D eigenvalue weighted by Gasteiger charge is 2.37. The number of hydrazone groups is 1. The van der Waals surface area contributed by atoms with Crippen LogP contribution in [-0.2, 0) is 15.7 Å². The maximum Gasteiger partial charge on any atom is 0.417 e. The summed E-state index contributed by atoms with van der Waals surface area (Å²) in [6.45, 7) is -0.790. The molecule has 0 N–H and O–H groups in total. The lowest BCUT2D eigenvalue weighted by Crippen LogP contribution is -2.31. The first-order valence-electron chi connectivity index (χ1n) is 10.2. The van der Waals surface area contributed by atoms with Crippen molar-refractivity contribution in [3.8, 4) is 5.75 Å². The monoisotopic (exact) mass is 472 g/mol. The van der Waals surface area contributed by atoms with Gasteiger partial charge in [-0.05, 0) is 54.1 Å². The Balaban J connectivity index is 1.53. The largest absolute Gasteiger partial charge is 0.497 e. The number of amides is 1. The standard InChI is InChI=1S/C24H19F3N2O5/c1-32-16-10-8-15(9-11-16)19-13-20(21-7-4-12-33-21)29(28-19)22(30)14-34-23(31)17-5-2-3-6-18(17)24(25,26)27/h2-12,20H,13-14H2,1H3/t20-/m0/s1. The summed E-state index contributed by atoms with van der Waals surface area (Å²) in [6.07, 6.45) is -2.95. The Hall–Kier alpha value is -4.08. The van der Waals surface area contributed by atoms with Crippen molar-refractivity contribution < 1.29 is 36.7 Å². The van der Waals surface area contributed by atoms with Crippen LogP contribution >= 0.6 is 0 Å². The van der Waals surface area contributed by atoms with Gasteiger partial charge in [0.25, 0.3) is 5.91 Å². The molecule has 0 spiro atoms. The van der Waals surface area contributed by atoms with Gasteiger partial charge in [-0.15, -0.1) is 0 Å². The zero-order valence-electron chi connectivity index (χ0n) is 17.9. The number of hydrogen-bond acceptors (Lipinski definition) is 6. The number of benzene rings is 2. The lowest BCUT2D eigenvalue weighted by atomic mass is 10.0. The first-order chi connectivity index (χ1) is 16.3. The fourth-order valence-electron chi connectivity index (χ4n) is 3.58. The van der Waals surface area contributed by atoms with E-state index < -0.39 is 41.8 Å². The minimum absolute atomic E-state index is 0.330. The Labute approximate surface area is 192 Å². The van der Waals surface area contributed by atoms with Gasteiger partial charge in [0, 0.05) is 6.42 Å². The van der Waals surface area contributed by atoms with E-state index >= 15 is 0 Å². The van der Waals surface area contributed by atoms with Crippen molar-refractivity contribution in [1.82, 2.24) is 5.01 Å². The van der Waals surface area contributed by atoms with Crippen LogP contribution in [0, 0.1) is 0 Å². The van der Waals surface area contributed by atoms with E-state index in [1.165, 1.54) is 18.4 Å². The molecule has 4 rings (SSSR count). The second-order valence-corrected chi connectivity index (χ2v) is 7.37. The number of esters is 1. The molecule has 34 heavy (non-hydrogen) atoms. The smallest absolute Gasteiger partial charge is 0.417 e. The summed E-state index contributed by atoms with van der Waals surface area (Å²) < 4.78 is 55.1. The predicted octanol–water partition coefficient (Wildman–Crippen LogP) is 4.84. The Bertz CT molecular complexity index is 1200. The van der Waals surface area contributed by atoms with Gasteiger partial charge in [0.05, 0.1) is 30.2 Å². The molecule has 3 aromatic rings.